The Morgan fingerprint density at radius 1 is 0.983 bits per heavy atom. The third-order valence-electron chi connectivity index (χ3n) is 13.7. The number of rotatable bonds is 11. The van der Waals surface area contributed by atoms with Crippen molar-refractivity contribution in [3.05, 3.63) is 82.6 Å². The van der Waals surface area contributed by atoms with Crippen molar-refractivity contribution in [3.8, 4) is 5.75 Å². The normalized spacial score (nSPS) is 23.3. The maximum absolute atomic E-state index is 13.6. The molecule has 5 heterocycles. The second-order valence-electron chi connectivity index (χ2n) is 17.5. The first kappa shape index (κ1) is 39.3. The summed E-state index contributed by atoms with van der Waals surface area (Å²) < 4.78 is 6.70. The zero-order valence-electron chi connectivity index (χ0n) is 34.0. The largest absolute Gasteiger partial charge is 0.494 e. The van der Waals surface area contributed by atoms with E-state index < -0.39 is 11.9 Å². The first-order valence-electron chi connectivity index (χ1n) is 21.3. The van der Waals surface area contributed by atoms with E-state index in [4.69, 9.17) is 9.72 Å². The van der Waals surface area contributed by atoms with Crippen LogP contribution in [0.15, 0.2) is 55.1 Å². The number of likely N-dealkylation sites (tertiary alicyclic amines) is 1. The van der Waals surface area contributed by atoms with E-state index in [1.54, 1.807) is 24.5 Å². The second-order valence-corrected chi connectivity index (χ2v) is 18.6. The van der Waals surface area contributed by atoms with Crippen molar-refractivity contribution < 1.29 is 23.9 Å². The predicted molar refractivity (Wildman–Crippen MR) is 230 cm³/mol. The number of amides is 4. The number of hydrogen-bond acceptors (Lipinski definition) is 10. The van der Waals surface area contributed by atoms with Crippen LogP contribution in [0.5, 0.6) is 5.75 Å². The fourth-order valence-electron chi connectivity index (χ4n) is 10.4. The molecule has 3 aliphatic heterocycles. The first-order valence-corrected chi connectivity index (χ1v) is 22.1. The molecule has 1 spiro atoms. The van der Waals surface area contributed by atoms with Gasteiger partial charge in [-0.25, -0.2) is 9.97 Å². The lowest BCUT2D eigenvalue weighted by atomic mass is 9.57. The maximum atomic E-state index is 13.6. The Bertz CT molecular complexity index is 2320. The minimum Gasteiger partial charge on any atom is -0.494 e. The molecule has 2 aliphatic carbocycles. The van der Waals surface area contributed by atoms with Gasteiger partial charge in [-0.1, -0.05) is 24.8 Å². The maximum Gasteiger partial charge on any atom is 0.274 e. The SMILES string of the molecule is C=C1c2cccc(NCCC3CC4(CCN(C[C@H]5CC[C@H](c6nc7cc(OC)c(NC(=O)c8cccc(C)n8)cc7s6)CC5)CC4)C3)c2C(=O)N1C1CCC(=O)NC1=O. The van der Waals surface area contributed by atoms with Crippen molar-refractivity contribution in [2.75, 3.05) is 43.9 Å². The molecule has 59 heavy (non-hydrogen) atoms. The smallest absolute Gasteiger partial charge is 0.274 e. The molecule has 4 amide bonds. The summed E-state index contributed by atoms with van der Waals surface area (Å²) in [6, 6.07) is 14.4. The standard InChI is InChI=1S/C46H53N7O5S/c1-27-6-4-9-34(48-27)42(55)49-35-23-39-36(22-38(35)58-3)50-44(59-39)31-12-10-29(11-13-31)26-52-20-17-46(18-21-52)24-30(25-46)16-19-47-33-8-5-7-32-28(2)53(45(57)41(32)33)37-14-15-40(54)51-43(37)56/h4-9,22-23,29-31,37,47H,2,10-21,24-26H2,1,3H3,(H,49,55)(H,51,54,56)/t29-,31-,37?. The predicted octanol–water partition coefficient (Wildman–Crippen LogP) is 7.76. The van der Waals surface area contributed by atoms with Gasteiger partial charge in [0, 0.05) is 54.1 Å². The van der Waals surface area contributed by atoms with Crippen molar-refractivity contribution in [2.24, 2.45) is 17.3 Å². The summed E-state index contributed by atoms with van der Waals surface area (Å²) in [5, 5.41) is 10.1. The van der Waals surface area contributed by atoms with Gasteiger partial charge in [-0.2, -0.15) is 0 Å². The number of benzene rings is 2. The van der Waals surface area contributed by atoms with Crippen molar-refractivity contribution in [1.29, 1.82) is 0 Å². The van der Waals surface area contributed by atoms with Crippen molar-refractivity contribution in [2.45, 2.75) is 89.5 Å². The third kappa shape index (κ3) is 7.86. The minimum atomic E-state index is -0.718. The molecule has 4 aromatic rings. The lowest BCUT2D eigenvalue weighted by molar-refractivity contribution is -0.136. The zero-order valence-corrected chi connectivity index (χ0v) is 34.8. The molecule has 2 aromatic carbocycles. The molecule has 12 nitrogen and oxygen atoms in total. The van der Waals surface area contributed by atoms with Crippen LogP contribution in [-0.2, 0) is 9.59 Å². The van der Waals surface area contributed by atoms with Crippen LogP contribution in [0.3, 0.4) is 0 Å². The van der Waals surface area contributed by atoms with Gasteiger partial charge in [-0.3, -0.25) is 29.4 Å². The molecule has 2 aromatic heterocycles. The highest BCUT2D eigenvalue weighted by Crippen LogP contribution is 2.54. The zero-order chi connectivity index (χ0) is 40.8. The lowest BCUT2D eigenvalue weighted by Gasteiger charge is -2.53. The molecule has 0 bridgehead atoms. The van der Waals surface area contributed by atoms with Gasteiger partial charge in [0.05, 0.1) is 33.6 Å². The molecule has 5 aliphatic rings. The number of carbonyl (C=O) groups excluding carboxylic acids is 4. The van der Waals surface area contributed by atoms with Gasteiger partial charge in [-0.05, 0) is 126 Å². The molecule has 4 fully saturated rings. The van der Waals surface area contributed by atoms with Crippen LogP contribution in [0.4, 0.5) is 11.4 Å². The Hall–Kier alpha value is -5.14. The first-order chi connectivity index (χ1) is 28.6. The molecule has 2 saturated heterocycles. The van der Waals surface area contributed by atoms with Gasteiger partial charge in [0.1, 0.15) is 17.5 Å². The number of carbonyl (C=O) groups is 4. The van der Waals surface area contributed by atoms with Gasteiger partial charge in [-0.15, -0.1) is 11.3 Å². The Labute approximate surface area is 349 Å². The monoisotopic (exact) mass is 815 g/mol. The number of anilines is 2. The average molecular weight is 816 g/mol. The van der Waals surface area contributed by atoms with Crippen LogP contribution in [-0.4, -0.2) is 82.7 Å². The number of piperidine rings is 2. The highest BCUT2D eigenvalue weighted by molar-refractivity contribution is 7.18. The quantitative estimate of drug-likeness (QED) is 0.129. The molecular weight excluding hydrogens is 763 g/mol. The van der Waals surface area contributed by atoms with Crippen LogP contribution < -0.4 is 20.7 Å². The Kier molecular flexibility index (Phi) is 10.8. The summed E-state index contributed by atoms with van der Waals surface area (Å²) in [5.41, 5.74) is 5.82. The number of aromatic nitrogens is 2. The lowest BCUT2D eigenvalue weighted by Crippen LogP contribution is -2.52. The van der Waals surface area contributed by atoms with Crippen molar-refractivity contribution in [1.82, 2.24) is 25.1 Å². The molecule has 3 N–H and O–H groups in total. The average Bonchev–Trinajstić information content (AvgIpc) is 3.75. The summed E-state index contributed by atoms with van der Waals surface area (Å²) in [4.78, 5) is 64.5. The molecule has 1 atom stereocenters. The number of thiazole rings is 1. The van der Waals surface area contributed by atoms with E-state index in [1.807, 2.05) is 49.4 Å². The summed E-state index contributed by atoms with van der Waals surface area (Å²) in [6.45, 7) is 10.4. The summed E-state index contributed by atoms with van der Waals surface area (Å²) in [6.07, 6.45) is 11.5. The number of fused-ring (bicyclic) bond motifs is 2. The number of imide groups is 1. The molecule has 13 heteroatoms. The number of aryl methyl sites for hydroxylation is 1. The summed E-state index contributed by atoms with van der Waals surface area (Å²) in [5.74, 6) is 1.25. The number of nitrogens with zero attached hydrogens (tertiary/aromatic N) is 4. The second kappa shape index (κ2) is 16.1. The fraction of sp³-hybridized carbons (Fsp3) is 0.478. The van der Waals surface area contributed by atoms with Crippen LogP contribution in [0.1, 0.15) is 114 Å². The van der Waals surface area contributed by atoms with Gasteiger partial charge in [0.15, 0.2) is 0 Å². The highest BCUT2D eigenvalue weighted by Gasteiger charge is 2.46. The summed E-state index contributed by atoms with van der Waals surface area (Å²) >= 11 is 1.73. The number of nitrogens with one attached hydrogen (secondary N) is 3. The van der Waals surface area contributed by atoms with E-state index in [2.05, 4.69) is 32.4 Å². The van der Waals surface area contributed by atoms with Gasteiger partial charge < -0.3 is 20.3 Å². The number of hydrogen-bond donors (Lipinski definition) is 3. The van der Waals surface area contributed by atoms with E-state index >= 15 is 0 Å². The number of pyridine rings is 1. The van der Waals surface area contributed by atoms with Crippen molar-refractivity contribution in [3.63, 3.8) is 0 Å². The van der Waals surface area contributed by atoms with Crippen LogP contribution >= 0.6 is 11.3 Å². The molecule has 2 saturated carbocycles. The fourth-order valence-corrected chi connectivity index (χ4v) is 11.6. The molecule has 9 rings (SSSR count). The molecule has 1 unspecified atom stereocenters. The molecule has 0 radical (unpaired) electrons. The van der Waals surface area contributed by atoms with Crippen LogP contribution in [0.25, 0.3) is 15.9 Å². The van der Waals surface area contributed by atoms with E-state index in [9.17, 15) is 19.2 Å². The van der Waals surface area contributed by atoms with E-state index in [0.717, 1.165) is 58.9 Å². The Balaban J connectivity index is 0.713. The van der Waals surface area contributed by atoms with Crippen molar-refractivity contribution >= 4 is 62.3 Å². The Morgan fingerprint density at radius 2 is 1.76 bits per heavy atom. The molecule has 308 valence electrons. The van der Waals surface area contributed by atoms with Crippen LogP contribution in [0, 0.1) is 24.2 Å². The number of ether oxygens (including phenoxy) is 1. The van der Waals surface area contributed by atoms with E-state index in [1.165, 1.54) is 68.1 Å². The highest BCUT2D eigenvalue weighted by atomic mass is 32.1. The minimum absolute atomic E-state index is 0.211. The number of methoxy groups -OCH3 is 1. The third-order valence-corrected chi connectivity index (χ3v) is 14.8. The van der Waals surface area contributed by atoms with E-state index in [0.29, 0.717) is 52.1 Å². The van der Waals surface area contributed by atoms with Gasteiger partial charge in [0.25, 0.3) is 11.8 Å². The molecular formula is C46H53N7O5S. The van der Waals surface area contributed by atoms with Crippen LogP contribution in [0.2, 0.25) is 0 Å². The topological polar surface area (TPSA) is 146 Å². The van der Waals surface area contributed by atoms with E-state index in [-0.39, 0.29) is 24.1 Å². The summed E-state index contributed by atoms with van der Waals surface area (Å²) in [7, 11) is 1.62. The van der Waals surface area contributed by atoms with Gasteiger partial charge >= 0.3 is 0 Å². The van der Waals surface area contributed by atoms with Gasteiger partial charge in [0.2, 0.25) is 11.8 Å². The Morgan fingerprint density at radius 3 is 2.51 bits per heavy atom.